The fraction of sp³-hybridized carbons (Fsp3) is 0.176. The van der Waals surface area contributed by atoms with Crippen molar-refractivity contribution in [1.29, 1.82) is 5.26 Å². The van der Waals surface area contributed by atoms with E-state index in [-0.39, 0.29) is 17.9 Å². The number of nitrogens with one attached hydrogen (secondary N) is 1. The molecule has 0 bridgehead atoms. The van der Waals surface area contributed by atoms with Gasteiger partial charge in [-0.2, -0.15) is 9.57 Å². The molecule has 26 heavy (non-hydrogen) atoms. The standard InChI is InChI=1S/C17H17N5O3S/c1-22(26(2,23)24)10-11-5-6-16(25-11)12-8-15(14-4-3-7-20-14)21-17(19)13(12)9-18/h3-8,20H,10H2,1-2H3,(H2,19,21). The van der Waals surface area contributed by atoms with Gasteiger partial charge in [-0.05, 0) is 30.3 Å². The van der Waals surface area contributed by atoms with Gasteiger partial charge in [0.2, 0.25) is 10.0 Å². The number of aromatic amines is 1. The SMILES string of the molecule is CN(Cc1ccc(-c2cc(-c3ccc[nH]3)nc(N)c2C#N)o1)S(C)(=O)=O. The Morgan fingerprint density at radius 2 is 2.15 bits per heavy atom. The first-order chi connectivity index (χ1) is 12.3. The second-order valence-electron chi connectivity index (χ2n) is 5.80. The Morgan fingerprint density at radius 1 is 1.38 bits per heavy atom. The topological polar surface area (TPSA) is 129 Å². The first-order valence-corrected chi connectivity index (χ1v) is 9.49. The molecule has 0 radical (unpaired) electrons. The number of nitrogen functional groups attached to an aromatic ring is 1. The molecule has 9 heteroatoms. The van der Waals surface area contributed by atoms with Crippen LogP contribution in [0.2, 0.25) is 0 Å². The van der Waals surface area contributed by atoms with Crippen molar-refractivity contribution < 1.29 is 12.8 Å². The monoisotopic (exact) mass is 371 g/mol. The summed E-state index contributed by atoms with van der Waals surface area (Å²) in [5.41, 5.74) is 7.98. The lowest BCUT2D eigenvalue weighted by molar-refractivity contribution is 0.413. The van der Waals surface area contributed by atoms with E-state index in [9.17, 15) is 13.7 Å². The zero-order valence-corrected chi connectivity index (χ0v) is 15.0. The lowest BCUT2D eigenvalue weighted by atomic mass is 10.1. The highest BCUT2D eigenvalue weighted by molar-refractivity contribution is 7.88. The quantitative estimate of drug-likeness (QED) is 0.707. The number of pyridine rings is 1. The number of nitriles is 1. The molecular weight excluding hydrogens is 354 g/mol. The van der Waals surface area contributed by atoms with E-state index in [1.807, 2.05) is 18.2 Å². The lowest BCUT2D eigenvalue weighted by Gasteiger charge is -2.11. The third-order valence-electron chi connectivity index (χ3n) is 3.90. The van der Waals surface area contributed by atoms with Crippen LogP contribution in [0.3, 0.4) is 0 Å². The molecule has 3 N–H and O–H groups in total. The van der Waals surface area contributed by atoms with Crippen LogP contribution in [0, 0.1) is 11.3 Å². The molecule has 0 fully saturated rings. The van der Waals surface area contributed by atoms with Crippen LogP contribution in [0.15, 0.2) is 40.9 Å². The Bertz CT molecular complexity index is 1080. The zero-order chi connectivity index (χ0) is 18.9. The fourth-order valence-corrected chi connectivity index (χ4v) is 2.81. The lowest BCUT2D eigenvalue weighted by Crippen LogP contribution is -2.24. The fourth-order valence-electron chi connectivity index (χ4n) is 2.45. The van der Waals surface area contributed by atoms with E-state index in [0.29, 0.717) is 22.8 Å². The molecule has 0 aromatic carbocycles. The van der Waals surface area contributed by atoms with Crippen LogP contribution in [0.5, 0.6) is 0 Å². The third-order valence-corrected chi connectivity index (χ3v) is 5.17. The maximum absolute atomic E-state index is 11.5. The van der Waals surface area contributed by atoms with E-state index in [4.69, 9.17) is 10.2 Å². The summed E-state index contributed by atoms with van der Waals surface area (Å²) in [6.07, 6.45) is 2.88. The van der Waals surface area contributed by atoms with Gasteiger partial charge < -0.3 is 15.1 Å². The van der Waals surface area contributed by atoms with Crippen LogP contribution < -0.4 is 5.73 Å². The van der Waals surface area contributed by atoms with Crippen molar-refractivity contribution in [3.05, 3.63) is 47.9 Å². The zero-order valence-electron chi connectivity index (χ0n) is 14.2. The molecule has 0 saturated heterocycles. The highest BCUT2D eigenvalue weighted by atomic mass is 32.2. The van der Waals surface area contributed by atoms with Crippen LogP contribution in [0.4, 0.5) is 5.82 Å². The van der Waals surface area contributed by atoms with Gasteiger partial charge in [0.25, 0.3) is 0 Å². The molecule has 0 atom stereocenters. The summed E-state index contributed by atoms with van der Waals surface area (Å²) in [7, 11) is -1.86. The van der Waals surface area contributed by atoms with E-state index in [0.717, 1.165) is 11.9 Å². The van der Waals surface area contributed by atoms with Crippen molar-refractivity contribution in [2.75, 3.05) is 19.0 Å². The first kappa shape index (κ1) is 17.7. The molecule has 0 aliphatic rings. The summed E-state index contributed by atoms with van der Waals surface area (Å²) in [5, 5.41) is 9.43. The summed E-state index contributed by atoms with van der Waals surface area (Å²) in [6, 6.07) is 10.8. The Labute approximate surface area is 150 Å². The van der Waals surface area contributed by atoms with Crippen molar-refractivity contribution >= 4 is 15.8 Å². The summed E-state index contributed by atoms with van der Waals surface area (Å²) in [4.78, 5) is 7.29. The van der Waals surface area contributed by atoms with E-state index < -0.39 is 10.0 Å². The predicted octanol–water partition coefficient (Wildman–Crippen LogP) is 2.18. The van der Waals surface area contributed by atoms with E-state index in [1.54, 1.807) is 24.4 Å². The number of sulfonamides is 1. The van der Waals surface area contributed by atoms with Crippen LogP contribution in [-0.2, 0) is 16.6 Å². The molecule has 0 aliphatic carbocycles. The van der Waals surface area contributed by atoms with Gasteiger partial charge in [-0.25, -0.2) is 13.4 Å². The molecule has 3 rings (SSSR count). The summed E-state index contributed by atoms with van der Waals surface area (Å²) < 4.78 is 30.0. The average molecular weight is 371 g/mol. The van der Waals surface area contributed by atoms with Gasteiger partial charge in [-0.15, -0.1) is 0 Å². The van der Waals surface area contributed by atoms with Crippen LogP contribution in [-0.4, -0.2) is 36.0 Å². The van der Waals surface area contributed by atoms with E-state index >= 15 is 0 Å². The molecule has 134 valence electrons. The Kier molecular flexibility index (Phi) is 4.54. The summed E-state index contributed by atoms with van der Waals surface area (Å²) in [5.74, 6) is 0.967. The Morgan fingerprint density at radius 3 is 2.77 bits per heavy atom. The van der Waals surface area contributed by atoms with Crippen molar-refractivity contribution in [2.45, 2.75) is 6.54 Å². The number of anilines is 1. The van der Waals surface area contributed by atoms with Crippen molar-refractivity contribution in [1.82, 2.24) is 14.3 Å². The molecule has 3 aromatic rings. The van der Waals surface area contributed by atoms with Crippen LogP contribution in [0.1, 0.15) is 11.3 Å². The smallest absolute Gasteiger partial charge is 0.211 e. The summed E-state index contributed by atoms with van der Waals surface area (Å²) >= 11 is 0. The van der Waals surface area contributed by atoms with Gasteiger partial charge in [-0.3, -0.25) is 0 Å². The maximum atomic E-state index is 11.5. The van der Waals surface area contributed by atoms with Crippen molar-refractivity contribution in [2.24, 2.45) is 0 Å². The van der Waals surface area contributed by atoms with Crippen molar-refractivity contribution in [3.8, 4) is 28.8 Å². The van der Waals surface area contributed by atoms with Gasteiger partial charge >= 0.3 is 0 Å². The third kappa shape index (κ3) is 3.46. The maximum Gasteiger partial charge on any atom is 0.211 e. The number of H-pyrrole nitrogens is 1. The Balaban J connectivity index is 2.03. The van der Waals surface area contributed by atoms with Gasteiger partial charge in [0.1, 0.15) is 29.0 Å². The van der Waals surface area contributed by atoms with Crippen LogP contribution in [0.25, 0.3) is 22.7 Å². The molecular formula is C17H17N5O3S. The second kappa shape index (κ2) is 6.67. The van der Waals surface area contributed by atoms with Gasteiger partial charge in [0.15, 0.2) is 0 Å². The minimum absolute atomic E-state index is 0.0881. The molecule has 0 aliphatic heterocycles. The molecule has 0 spiro atoms. The molecule has 0 unspecified atom stereocenters. The molecule has 8 nitrogen and oxygen atoms in total. The van der Waals surface area contributed by atoms with Gasteiger partial charge in [0.05, 0.1) is 24.2 Å². The Hall–Kier alpha value is -3.09. The minimum Gasteiger partial charge on any atom is -0.460 e. The first-order valence-electron chi connectivity index (χ1n) is 7.64. The highest BCUT2D eigenvalue weighted by Gasteiger charge is 2.18. The number of nitrogens with two attached hydrogens (primary N) is 1. The number of rotatable bonds is 5. The number of nitrogens with zero attached hydrogens (tertiary/aromatic N) is 3. The average Bonchev–Trinajstić information content (AvgIpc) is 3.25. The second-order valence-corrected chi connectivity index (χ2v) is 7.89. The number of aromatic nitrogens is 2. The number of hydrogen-bond donors (Lipinski definition) is 2. The van der Waals surface area contributed by atoms with E-state index in [1.165, 1.54) is 11.4 Å². The van der Waals surface area contributed by atoms with Crippen molar-refractivity contribution in [3.63, 3.8) is 0 Å². The van der Waals surface area contributed by atoms with Gasteiger partial charge in [-0.1, -0.05) is 0 Å². The largest absolute Gasteiger partial charge is 0.460 e. The molecule has 3 aromatic heterocycles. The van der Waals surface area contributed by atoms with Gasteiger partial charge in [0, 0.05) is 18.8 Å². The minimum atomic E-state index is -3.33. The summed E-state index contributed by atoms with van der Waals surface area (Å²) in [6.45, 7) is 0.0881. The van der Waals surface area contributed by atoms with Crippen LogP contribution >= 0.6 is 0 Å². The number of hydrogen-bond acceptors (Lipinski definition) is 6. The highest BCUT2D eigenvalue weighted by Crippen LogP contribution is 2.32. The molecule has 3 heterocycles. The normalized spacial score (nSPS) is 11.6. The van der Waals surface area contributed by atoms with E-state index in [2.05, 4.69) is 9.97 Å². The molecule has 0 amide bonds. The predicted molar refractivity (Wildman–Crippen MR) is 97.2 cm³/mol. The number of furan rings is 1. The molecule has 0 saturated carbocycles.